The van der Waals surface area contributed by atoms with Crippen LogP contribution in [0.2, 0.25) is 0 Å². The molecule has 4 nitrogen and oxygen atoms in total. The molecule has 0 aromatic carbocycles. The number of hydrogen-bond acceptors (Lipinski definition) is 3. The lowest BCUT2D eigenvalue weighted by Crippen LogP contribution is -2.58. The maximum atomic E-state index is 12.8. The van der Waals surface area contributed by atoms with Crippen molar-refractivity contribution in [2.75, 3.05) is 32.9 Å². The van der Waals surface area contributed by atoms with Gasteiger partial charge in [0.2, 0.25) is 5.91 Å². The predicted octanol–water partition coefficient (Wildman–Crippen LogP) is 2.92. The summed E-state index contributed by atoms with van der Waals surface area (Å²) in [5.74, 6) is 1.06. The van der Waals surface area contributed by atoms with Gasteiger partial charge in [0.25, 0.3) is 0 Å². The van der Waals surface area contributed by atoms with Crippen LogP contribution in [0.25, 0.3) is 0 Å². The molecule has 2 atom stereocenters. The summed E-state index contributed by atoms with van der Waals surface area (Å²) in [4.78, 5) is 14.9. The number of carbonyl (C=O) groups is 1. The predicted molar refractivity (Wildman–Crippen MR) is 88.1 cm³/mol. The average molecular weight is 319 g/mol. The van der Waals surface area contributed by atoms with Crippen LogP contribution in [-0.2, 0) is 14.3 Å². The fraction of sp³-hybridized carbons (Fsp3) is 0.842. The van der Waals surface area contributed by atoms with Crippen molar-refractivity contribution in [3.05, 3.63) is 11.6 Å². The molecule has 2 heterocycles. The van der Waals surface area contributed by atoms with Gasteiger partial charge in [0.15, 0.2) is 0 Å². The van der Waals surface area contributed by atoms with Crippen LogP contribution in [0.15, 0.2) is 11.6 Å². The molecule has 4 aliphatic rings. The maximum absolute atomic E-state index is 12.8. The molecule has 4 heteroatoms. The van der Waals surface area contributed by atoms with Crippen molar-refractivity contribution in [3.63, 3.8) is 0 Å². The van der Waals surface area contributed by atoms with Gasteiger partial charge in [0.05, 0.1) is 12.7 Å². The molecule has 0 spiro atoms. The van der Waals surface area contributed by atoms with Crippen LogP contribution in [0.5, 0.6) is 0 Å². The molecule has 2 saturated heterocycles. The van der Waals surface area contributed by atoms with Crippen molar-refractivity contribution in [3.8, 4) is 0 Å². The molecule has 0 aromatic heterocycles. The summed E-state index contributed by atoms with van der Waals surface area (Å²) >= 11 is 0. The topological polar surface area (TPSA) is 38.8 Å². The number of carbonyl (C=O) groups excluding carboxylic acids is 1. The van der Waals surface area contributed by atoms with Crippen LogP contribution in [0.4, 0.5) is 0 Å². The van der Waals surface area contributed by atoms with Crippen LogP contribution in [0.1, 0.15) is 51.4 Å². The van der Waals surface area contributed by atoms with Gasteiger partial charge in [-0.15, -0.1) is 0 Å². The fourth-order valence-corrected chi connectivity index (χ4v) is 4.46. The maximum Gasteiger partial charge on any atom is 0.249 e. The van der Waals surface area contributed by atoms with Crippen LogP contribution >= 0.6 is 0 Å². The number of nitrogens with zero attached hydrogens (tertiary/aromatic N) is 1. The molecule has 2 aliphatic carbocycles. The lowest BCUT2D eigenvalue weighted by Gasteiger charge is -2.50. The number of hydrogen-bond donors (Lipinski definition) is 0. The second-order valence-electron chi connectivity index (χ2n) is 7.92. The number of fused-ring (bicyclic) bond motifs is 1. The van der Waals surface area contributed by atoms with E-state index in [4.69, 9.17) is 9.47 Å². The van der Waals surface area contributed by atoms with E-state index in [2.05, 4.69) is 11.0 Å². The molecule has 0 aromatic rings. The highest BCUT2D eigenvalue weighted by molar-refractivity contribution is 5.93. The Labute approximate surface area is 139 Å². The van der Waals surface area contributed by atoms with E-state index >= 15 is 0 Å². The van der Waals surface area contributed by atoms with E-state index in [1.165, 1.54) is 12.8 Å². The Morgan fingerprint density at radius 2 is 2.26 bits per heavy atom. The quantitative estimate of drug-likeness (QED) is 0.782. The van der Waals surface area contributed by atoms with Gasteiger partial charge in [-0.3, -0.25) is 4.79 Å². The van der Waals surface area contributed by atoms with Crippen LogP contribution in [0.3, 0.4) is 0 Å². The lowest BCUT2D eigenvalue weighted by molar-refractivity contribution is -0.163. The van der Waals surface area contributed by atoms with E-state index in [0.29, 0.717) is 0 Å². The molecule has 23 heavy (non-hydrogen) atoms. The Balaban J connectivity index is 1.43. The molecular weight excluding hydrogens is 290 g/mol. The monoisotopic (exact) mass is 319 g/mol. The van der Waals surface area contributed by atoms with Crippen molar-refractivity contribution >= 4 is 5.91 Å². The molecule has 0 bridgehead atoms. The van der Waals surface area contributed by atoms with E-state index in [0.717, 1.165) is 82.9 Å². The molecule has 3 fully saturated rings. The third-order valence-electron chi connectivity index (χ3n) is 6.03. The highest BCUT2D eigenvalue weighted by Gasteiger charge is 2.47. The van der Waals surface area contributed by atoms with Crippen molar-refractivity contribution in [2.24, 2.45) is 11.3 Å². The molecule has 128 valence electrons. The lowest BCUT2D eigenvalue weighted by atomic mass is 9.73. The molecule has 4 rings (SSSR count). The van der Waals surface area contributed by atoms with Crippen molar-refractivity contribution in [1.29, 1.82) is 0 Å². The minimum atomic E-state index is 0.0280. The zero-order valence-electron chi connectivity index (χ0n) is 14.1. The van der Waals surface area contributed by atoms with Crippen LogP contribution in [-0.4, -0.2) is 49.8 Å². The first-order valence-corrected chi connectivity index (χ1v) is 9.44. The Morgan fingerprint density at radius 3 is 3.04 bits per heavy atom. The second kappa shape index (κ2) is 6.56. The van der Waals surface area contributed by atoms with Crippen LogP contribution in [0, 0.1) is 11.3 Å². The van der Waals surface area contributed by atoms with E-state index in [-0.39, 0.29) is 17.4 Å². The van der Waals surface area contributed by atoms with Crippen molar-refractivity contribution in [1.82, 2.24) is 4.90 Å². The first-order valence-electron chi connectivity index (χ1n) is 9.44. The number of rotatable bonds is 5. The summed E-state index contributed by atoms with van der Waals surface area (Å²) in [5, 5.41) is 0. The molecule has 1 amide bonds. The zero-order valence-corrected chi connectivity index (χ0v) is 14.1. The van der Waals surface area contributed by atoms with Crippen molar-refractivity contribution < 1.29 is 14.3 Å². The van der Waals surface area contributed by atoms with E-state index in [9.17, 15) is 4.79 Å². The number of amides is 1. The van der Waals surface area contributed by atoms with Gasteiger partial charge in [-0.05, 0) is 57.3 Å². The standard InChI is InChI=1S/C19H29NO3/c21-18(16-4-1-2-5-16)20-10-8-17-19(13-20,9-3-11-23-17)14-22-12-15-6-7-15/h4,15,17H,1-3,5-14H2/t17-,19-/m1/s1. The Hall–Kier alpha value is -0.870. The number of likely N-dealkylation sites (tertiary alicyclic amines) is 1. The number of allylic oxidation sites excluding steroid dienone is 1. The Morgan fingerprint density at radius 1 is 1.35 bits per heavy atom. The molecule has 0 radical (unpaired) electrons. The van der Waals surface area contributed by atoms with Crippen molar-refractivity contribution in [2.45, 2.75) is 57.5 Å². The molecule has 1 saturated carbocycles. The molecule has 0 N–H and O–H groups in total. The summed E-state index contributed by atoms with van der Waals surface area (Å²) in [7, 11) is 0. The first kappa shape index (κ1) is 15.6. The first-order chi connectivity index (χ1) is 11.3. The van der Waals surface area contributed by atoms with Gasteiger partial charge >= 0.3 is 0 Å². The van der Waals surface area contributed by atoms with Crippen LogP contribution < -0.4 is 0 Å². The smallest absolute Gasteiger partial charge is 0.249 e. The average Bonchev–Trinajstić information content (AvgIpc) is 3.24. The van der Waals surface area contributed by atoms with E-state index in [1.54, 1.807) is 0 Å². The minimum absolute atomic E-state index is 0.0280. The summed E-state index contributed by atoms with van der Waals surface area (Å²) in [6, 6.07) is 0. The van der Waals surface area contributed by atoms with E-state index in [1.807, 2.05) is 0 Å². The van der Waals surface area contributed by atoms with E-state index < -0.39 is 0 Å². The Kier molecular flexibility index (Phi) is 4.46. The van der Waals surface area contributed by atoms with Gasteiger partial charge in [0.1, 0.15) is 0 Å². The number of ether oxygens (including phenoxy) is 2. The molecule has 2 aliphatic heterocycles. The Bertz CT molecular complexity index is 485. The number of piperidine rings is 1. The second-order valence-corrected chi connectivity index (χ2v) is 7.92. The molecular formula is C19H29NO3. The molecule has 0 unspecified atom stereocenters. The highest BCUT2D eigenvalue weighted by atomic mass is 16.5. The van der Waals surface area contributed by atoms with Gasteiger partial charge in [-0.2, -0.15) is 0 Å². The fourth-order valence-electron chi connectivity index (χ4n) is 4.46. The third-order valence-corrected chi connectivity index (χ3v) is 6.03. The third kappa shape index (κ3) is 3.34. The SMILES string of the molecule is O=C(C1=CCCC1)N1CC[C@H]2OCCC[C@]2(COCC2CC2)C1. The van der Waals surface area contributed by atoms with Gasteiger partial charge in [-0.25, -0.2) is 0 Å². The van der Waals surface area contributed by atoms with Gasteiger partial charge in [0, 0.05) is 37.3 Å². The van der Waals surface area contributed by atoms with Gasteiger partial charge < -0.3 is 14.4 Å². The normalized spacial score (nSPS) is 34.2. The summed E-state index contributed by atoms with van der Waals surface area (Å²) in [5.41, 5.74) is 1.06. The zero-order chi connectivity index (χ0) is 15.7. The largest absolute Gasteiger partial charge is 0.380 e. The summed E-state index contributed by atoms with van der Waals surface area (Å²) in [6.45, 7) is 4.18. The summed E-state index contributed by atoms with van der Waals surface area (Å²) in [6.07, 6.45) is 11.4. The summed E-state index contributed by atoms with van der Waals surface area (Å²) < 4.78 is 12.2. The minimum Gasteiger partial charge on any atom is -0.380 e. The highest BCUT2D eigenvalue weighted by Crippen LogP contribution is 2.41. The van der Waals surface area contributed by atoms with Gasteiger partial charge in [-0.1, -0.05) is 6.08 Å².